The van der Waals surface area contributed by atoms with Crippen LogP contribution < -0.4 is 16.3 Å². The van der Waals surface area contributed by atoms with Gasteiger partial charge in [-0.3, -0.25) is 4.57 Å². The number of nitrogens with two attached hydrogens (primary N) is 1. The van der Waals surface area contributed by atoms with E-state index < -0.39 is 0 Å². The van der Waals surface area contributed by atoms with Crippen LogP contribution in [0.5, 0.6) is 0 Å². The molecule has 2 fully saturated rings. The van der Waals surface area contributed by atoms with Crippen LogP contribution in [0.2, 0.25) is 0 Å². The monoisotopic (exact) mass is 427 g/mol. The van der Waals surface area contributed by atoms with Gasteiger partial charge in [0.25, 0.3) is 0 Å². The van der Waals surface area contributed by atoms with Crippen molar-refractivity contribution >= 4 is 29.2 Å². The molecule has 3 aliphatic rings. The van der Waals surface area contributed by atoms with Gasteiger partial charge in [0.05, 0.1) is 23.8 Å². The van der Waals surface area contributed by atoms with Crippen LogP contribution >= 0.6 is 23.2 Å². The Morgan fingerprint density at radius 3 is 2.57 bits per heavy atom. The second-order valence-corrected chi connectivity index (χ2v) is 9.14. The molecule has 7 nitrogen and oxygen atoms in total. The van der Waals surface area contributed by atoms with Crippen LogP contribution in [0, 0.1) is 12.3 Å². The second-order valence-electron chi connectivity index (χ2n) is 8.28. The van der Waals surface area contributed by atoms with Crippen molar-refractivity contribution in [3.05, 3.63) is 26.4 Å². The van der Waals surface area contributed by atoms with Gasteiger partial charge >= 0.3 is 5.69 Å². The SMILES string of the molecule is Cc1nc(N2CCC3(CC2)CO[C@@H](C)[C@H]3N)nc(=O)n1[C@@H]1CCCC(Cl)=C1Cl. The Morgan fingerprint density at radius 2 is 1.96 bits per heavy atom. The van der Waals surface area contributed by atoms with Gasteiger partial charge in [-0.05, 0) is 46.0 Å². The number of hydrogen-bond acceptors (Lipinski definition) is 6. The molecule has 0 saturated carbocycles. The molecule has 4 rings (SSSR count). The summed E-state index contributed by atoms with van der Waals surface area (Å²) in [4.78, 5) is 23.8. The van der Waals surface area contributed by atoms with Gasteiger partial charge in [-0.1, -0.05) is 23.2 Å². The highest BCUT2D eigenvalue weighted by atomic mass is 35.5. The van der Waals surface area contributed by atoms with Crippen molar-refractivity contribution in [2.24, 2.45) is 11.1 Å². The summed E-state index contributed by atoms with van der Waals surface area (Å²) in [6.07, 6.45) is 4.33. The van der Waals surface area contributed by atoms with Crippen LogP contribution in [0.25, 0.3) is 0 Å². The number of anilines is 1. The maximum absolute atomic E-state index is 12.8. The van der Waals surface area contributed by atoms with Crippen LogP contribution in [0.4, 0.5) is 5.95 Å². The molecule has 0 aromatic carbocycles. The van der Waals surface area contributed by atoms with Crippen LogP contribution in [0.3, 0.4) is 0 Å². The molecule has 0 radical (unpaired) electrons. The maximum Gasteiger partial charge on any atom is 0.352 e. The highest BCUT2D eigenvalue weighted by Crippen LogP contribution is 2.42. The van der Waals surface area contributed by atoms with E-state index in [0.29, 0.717) is 28.4 Å². The van der Waals surface area contributed by atoms with Gasteiger partial charge in [-0.25, -0.2) is 4.79 Å². The van der Waals surface area contributed by atoms with Crippen LogP contribution in [0.1, 0.15) is 50.9 Å². The maximum atomic E-state index is 12.8. The summed E-state index contributed by atoms with van der Waals surface area (Å²) in [6.45, 7) is 6.10. The molecule has 1 aromatic rings. The largest absolute Gasteiger partial charge is 0.376 e. The highest BCUT2D eigenvalue weighted by molar-refractivity contribution is 6.39. The molecule has 1 spiro atoms. The van der Waals surface area contributed by atoms with Crippen LogP contribution in [0.15, 0.2) is 14.9 Å². The minimum atomic E-state index is -0.327. The van der Waals surface area contributed by atoms with Gasteiger partial charge in [-0.15, -0.1) is 0 Å². The molecule has 154 valence electrons. The van der Waals surface area contributed by atoms with E-state index >= 15 is 0 Å². The van der Waals surface area contributed by atoms with Crippen molar-refractivity contribution in [2.75, 3.05) is 24.6 Å². The van der Waals surface area contributed by atoms with E-state index in [1.807, 2.05) is 13.8 Å². The molecule has 0 bridgehead atoms. The van der Waals surface area contributed by atoms with Crippen LogP contribution in [-0.4, -0.2) is 46.4 Å². The summed E-state index contributed by atoms with van der Waals surface area (Å²) in [7, 11) is 0. The predicted octanol–water partition coefficient (Wildman–Crippen LogP) is 2.69. The van der Waals surface area contributed by atoms with Gasteiger partial charge in [0.1, 0.15) is 5.82 Å². The van der Waals surface area contributed by atoms with Crippen molar-refractivity contribution in [1.82, 2.24) is 14.5 Å². The summed E-state index contributed by atoms with van der Waals surface area (Å²) in [5.74, 6) is 1.09. The summed E-state index contributed by atoms with van der Waals surface area (Å²) < 4.78 is 7.35. The topological polar surface area (TPSA) is 86.3 Å². The number of nitrogens with zero attached hydrogens (tertiary/aromatic N) is 4. The van der Waals surface area contributed by atoms with E-state index in [2.05, 4.69) is 14.9 Å². The molecule has 28 heavy (non-hydrogen) atoms. The fourth-order valence-electron chi connectivity index (χ4n) is 4.75. The number of hydrogen-bond donors (Lipinski definition) is 1. The lowest BCUT2D eigenvalue weighted by Crippen LogP contribution is -2.51. The van der Waals surface area contributed by atoms with E-state index in [4.69, 9.17) is 33.7 Å². The fourth-order valence-corrected chi connectivity index (χ4v) is 5.31. The number of aryl methyl sites for hydroxylation is 1. The van der Waals surface area contributed by atoms with Gasteiger partial charge in [0.2, 0.25) is 5.95 Å². The normalized spacial score (nSPS) is 30.3. The number of ether oxygens (including phenoxy) is 1. The molecule has 1 aliphatic carbocycles. The number of rotatable bonds is 2. The first-order valence-corrected chi connectivity index (χ1v) is 10.7. The zero-order valence-corrected chi connectivity index (χ0v) is 17.8. The summed E-state index contributed by atoms with van der Waals surface area (Å²) in [5.41, 5.74) is 6.09. The third kappa shape index (κ3) is 3.36. The molecular weight excluding hydrogens is 401 g/mol. The standard InChI is InChI=1S/C19H27Cl2N5O2/c1-11-16(22)19(10-28-11)6-8-25(9-7-19)17-23-12(2)26(18(27)24-17)14-5-3-4-13(20)15(14)21/h11,14,16H,3-10,22H2,1-2H3/t11-,14+,16+/m0/s1. The van der Waals surface area contributed by atoms with Gasteiger partial charge < -0.3 is 15.4 Å². The third-order valence-corrected chi connectivity index (χ3v) is 7.61. The minimum Gasteiger partial charge on any atom is -0.376 e. The Hall–Kier alpha value is -1.15. The second kappa shape index (κ2) is 7.59. The summed E-state index contributed by atoms with van der Waals surface area (Å²) in [6, 6.07) is -0.223. The number of aromatic nitrogens is 3. The summed E-state index contributed by atoms with van der Waals surface area (Å²) in [5, 5.41) is 1.15. The van der Waals surface area contributed by atoms with Crippen molar-refractivity contribution in [3.8, 4) is 0 Å². The Balaban J connectivity index is 1.55. The van der Waals surface area contributed by atoms with Crippen molar-refractivity contribution in [1.29, 1.82) is 0 Å². The van der Waals surface area contributed by atoms with Gasteiger partial charge in [0, 0.05) is 29.6 Å². The number of piperidine rings is 1. The molecule has 2 aliphatic heterocycles. The zero-order valence-electron chi connectivity index (χ0n) is 16.3. The van der Waals surface area contributed by atoms with Crippen molar-refractivity contribution < 1.29 is 4.74 Å². The summed E-state index contributed by atoms with van der Waals surface area (Å²) >= 11 is 12.6. The van der Waals surface area contributed by atoms with E-state index in [-0.39, 0.29) is 29.3 Å². The lowest BCUT2D eigenvalue weighted by atomic mass is 9.73. The minimum absolute atomic E-state index is 0.0249. The first kappa shape index (κ1) is 20.1. The smallest absolute Gasteiger partial charge is 0.352 e. The molecule has 2 saturated heterocycles. The zero-order chi connectivity index (χ0) is 20.1. The predicted molar refractivity (Wildman–Crippen MR) is 110 cm³/mol. The Kier molecular flexibility index (Phi) is 5.46. The average Bonchev–Trinajstić information content (AvgIpc) is 2.94. The Labute approximate surface area is 174 Å². The first-order chi connectivity index (χ1) is 13.3. The fraction of sp³-hybridized carbons (Fsp3) is 0.737. The Morgan fingerprint density at radius 1 is 1.25 bits per heavy atom. The third-order valence-electron chi connectivity index (χ3n) is 6.64. The van der Waals surface area contributed by atoms with E-state index in [1.54, 1.807) is 4.57 Å². The average molecular weight is 428 g/mol. The first-order valence-electron chi connectivity index (χ1n) is 9.96. The lowest BCUT2D eigenvalue weighted by Gasteiger charge is -2.41. The molecule has 3 atom stereocenters. The quantitative estimate of drug-likeness (QED) is 0.780. The van der Waals surface area contributed by atoms with E-state index in [9.17, 15) is 4.79 Å². The van der Waals surface area contributed by atoms with Crippen LogP contribution in [-0.2, 0) is 4.74 Å². The molecular formula is C19H27Cl2N5O2. The highest BCUT2D eigenvalue weighted by Gasteiger charge is 2.47. The van der Waals surface area contributed by atoms with E-state index in [1.165, 1.54) is 0 Å². The molecule has 0 amide bonds. The molecule has 3 heterocycles. The number of halogens is 2. The lowest BCUT2D eigenvalue weighted by molar-refractivity contribution is 0.0973. The molecule has 0 unspecified atom stereocenters. The van der Waals surface area contributed by atoms with Crippen molar-refractivity contribution in [2.45, 2.75) is 64.1 Å². The van der Waals surface area contributed by atoms with Gasteiger partial charge in [-0.2, -0.15) is 9.97 Å². The van der Waals surface area contributed by atoms with Gasteiger partial charge in [0.15, 0.2) is 0 Å². The van der Waals surface area contributed by atoms with Crippen molar-refractivity contribution in [3.63, 3.8) is 0 Å². The molecule has 9 heteroatoms. The molecule has 2 N–H and O–H groups in total. The van der Waals surface area contributed by atoms with E-state index in [0.717, 1.165) is 45.2 Å². The number of allylic oxidation sites excluding steroid dienone is 2. The Bertz CT molecular complexity index is 847. The molecule has 1 aromatic heterocycles.